The van der Waals surface area contributed by atoms with Crippen LogP contribution in [-0.4, -0.2) is 39.0 Å². The lowest BCUT2D eigenvalue weighted by atomic mass is 10.0. The minimum atomic E-state index is -3.53. The third kappa shape index (κ3) is 4.47. The zero-order valence-electron chi connectivity index (χ0n) is 13.4. The predicted octanol–water partition coefficient (Wildman–Crippen LogP) is 3.27. The molecule has 1 heterocycles. The van der Waals surface area contributed by atoms with Gasteiger partial charge in [0.2, 0.25) is 10.0 Å². The Hall–Kier alpha value is -0.620. The van der Waals surface area contributed by atoms with Crippen LogP contribution in [0.1, 0.15) is 38.5 Å². The number of nitrogens with zero attached hydrogens (tertiary/aromatic N) is 1. The lowest BCUT2D eigenvalue weighted by Gasteiger charge is -2.33. The second-order valence-corrected chi connectivity index (χ2v) is 8.87. The molecule has 0 amide bonds. The molecule has 1 saturated carbocycles. The molecular formula is C17H25ClN2O2S. The van der Waals surface area contributed by atoms with Crippen molar-refractivity contribution in [3.8, 4) is 0 Å². The van der Waals surface area contributed by atoms with Crippen LogP contribution in [0.4, 0.5) is 0 Å². The summed E-state index contributed by atoms with van der Waals surface area (Å²) in [5.74, 6) is 0.853. The van der Waals surface area contributed by atoms with Gasteiger partial charge >= 0.3 is 0 Å². The fraction of sp³-hybridized carbons (Fsp3) is 0.647. The molecule has 1 saturated heterocycles. The summed E-state index contributed by atoms with van der Waals surface area (Å²) >= 11 is 6.02. The summed E-state index contributed by atoms with van der Waals surface area (Å²) in [5, 5.41) is 0.277. The number of nitrogens with one attached hydrogen (secondary N) is 1. The monoisotopic (exact) mass is 356 g/mol. The Labute approximate surface area is 144 Å². The normalized spacial score (nSPS) is 21.8. The number of rotatable bonds is 5. The molecule has 128 valence electrons. The SMILES string of the molecule is O=S(=O)(NC1CCN(CC2CCCC2)CC1)c1ccccc1Cl. The van der Waals surface area contributed by atoms with E-state index in [1.165, 1.54) is 32.2 Å². The van der Waals surface area contributed by atoms with Gasteiger partial charge in [0.05, 0.1) is 5.02 Å². The molecule has 2 aliphatic rings. The second-order valence-electron chi connectivity index (χ2n) is 6.78. The minimum absolute atomic E-state index is 0.0103. The van der Waals surface area contributed by atoms with E-state index in [1.807, 2.05) is 0 Å². The van der Waals surface area contributed by atoms with Crippen LogP contribution < -0.4 is 4.72 Å². The summed E-state index contributed by atoms with van der Waals surface area (Å²) < 4.78 is 27.8. The van der Waals surface area contributed by atoms with Crippen molar-refractivity contribution >= 4 is 21.6 Å². The largest absolute Gasteiger partial charge is 0.303 e. The van der Waals surface area contributed by atoms with Crippen molar-refractivity contribution in [3.63, 3.8) is 0 Å². The minimum Gasteiger partial charge on any atom is -0.303 e. The maximum absolute atomic E-state index is 12.5. The molecule has 1 aromatic carbocycles. The number of benzene rings is 1. The lowest BCUT2D eigenvalue weighted by molar-refractivity contribution is 0.180. The molecule has 0 atom stereocenters. The van der Waals surface area contributed by atoms with Crippen molar-refractivity contribution in [2.24, 2.45) is 5.92 Å². The van der Waals surface area contributed by atoms with Crippen molar-refractivity contribution in [1.82, 2.24) is 9.62 Å². The smallest absolute Gasteiger partial charge is 0.242 e. The van der Waals surface area contributed by atoms with E-state index in [0.717, 1.165) is 31.8 Å². The van der Waals surface area contributed by atoms with Gasteiger partial charge in [-0.05, 0) is 56.8 Å². The number of sulfonamides is 1. The zero-order valence-corrected chi connectivity index (χ0v) is 15.0. The number of hydrogen-bond donors (Lipinski definition) is 1. The molecule has 0 aromatic heterocycles. The fourth-order valence-electron chi connectivity index (χ4n) is 3.74. The summed E-state index contributed by atoms with van der Waals surface area (Å²) in [6.45, 7) is 3.14. The summed E-state index contributed by atoms with van der Waals surface area (Å²) in [4.78, 5) is 2.67. The quantitative estimate of drug-likeness (QED) is 0.880. The van der Waals surface area contributed by atoms with Gasteiger partial charge in [0, 0.05) is 12.6 Å². The maximum atomic E-state index is 12.5. The van der Waals surface area contributed by atoms with Gasteiger partial charge in [0.15, 0.2) is 0 Å². The van der Waals surface area contributed by atoms with Gasteiger partial charge in [-0.2, -0.15) is 0 Å². The van der Waals surface area contributed by atoms with E-state index >= 15 is 0 Å². The molecule has 1 aromatic rings. The van der Waals surface area contributed by atoms with Gasteiger partial charge in [-0.1, -0.05) is 36.6 Å². The van der Waals surface area contributed by atoms with Crippen molar-refractivity contribution in [3.05, 3.63) is 29.3 Å². The van der Waals surface area contributed by atoms with E-state index in [9.17, 15) is 8.42 Å². The van der Waals surface area contributed by atoms with E-state index in [-0.39, 0.29) is 16.0 Å². The zero-order chi connectivity index (χ0) is 16.3. The molecule has 1 N–H and O–H groups in total. The summed E-state index contributed by atoms with van der Waals surface area (Å²) in [5.41, 5.74) is 0. The van der Waals surface area contributed by atoms with Crippen LogP contribution in [0.5, 0.6) is 0 Å². The van der Waals surface area contributed by atoms with Crippen molar-refractivity contribution in [2.75, 3.05) is 19.6 Å². The van der Waals surface area contributed by atoms with Crippen LogP contribution in [0.2, 0.25) is 5.02 Å². The Morgan fingerprint density at radius 1 is 1.09 bits per heavy atom. The molecule has 4 nitrogen and oxygen atoms in total. The van der Waals surface area contributed by atoms with Crippen molar-refractivity contribution in [2.45, 2.75) is 49.5 Å². The first-order chi connectivity index (χ1) is 11.0. The van der Waals surface area contributed by atoms with Gasteiger partial charge in [-0.15, -0.1) is 0 Å². The first-order valence-corrected chi connectivity index (χ1v) is 10.4. The highest BCUT2D eigenvalue weighted by atomic mass is 35.5. The van der Waals surface area contributed by atoms with Gasteiger partial charge in [-0.3, -0.25) is 0 Å². The molecular weight excluding hydrogens is 332 g/mol. The standard InChI is InChI=1S/C17H25ClN2O2S/c18-16-7-3-4-8-17(16)23(21,22)19-15-9-11-20(12-10-15)13-14-5-1-2-6-14/h3-4,7-8,14-15,19H,1-2,5-6,9-13H2. The Kier molecular flexibility index (Phi) is 5.62. The van der Waals surface area contributed by atoms with Crippen molar-refractivity contribution < 1.29 is 8.42 Å². The van der Waals surface area contributed by atoms with Gasteiger partial charge in [-0.25, -0.2) is 13.1 Å². The third-order valence-corrected chi connectivity index (χ3v) is 7.05. The van der Waals surface area contributed by atoms with Gasteiger partial charge in [0.1, 0.15) is 4.90 Å². The lowest BCUT2D eigenvalue weighted by Crippen LogP contribution is -2.45. The van der Waals surface area contributed by atoms with Gasteiger partial charge < -0.3 is 4.90 Å². The van der Waals surface area contributed by atoms with E-state index in [2.05, 4.69) is 9.62 Å². The van der Waals surface area contributed by atoms with E-state index in [0.29, 0.717) is 0 Å². The second kappa shape index (κ2) is 7.51. The average Bonchev–Trinajstić information content (AvgIpc) is 3.02. The van der Waals surface area contributed by atoms with Crippen LogP contribution in [0.3, 0.4) is 0 Å². The summed E-state index contributed by atoms with van der Waals surface area (Å²) in [6.07, 6.45) is 7.21. The third-order valence-electron chi connectivity index (χ3n) is 5.03. The van der Waals surface area contributed by atoms with Crippen LogP contribution in [0, 0.1) is 5.92 Å². The Bertz CT molecular complexity index is 621. The highest BCUT2D eigenvalue weighted by Gasteiger charge is 2.27. The van der Waals surface area contributed by atoms with E-state index < -0.39 is 10.0 Å². The van der Waals surface area contributed by atoms with Crippen LogP contribution in [-0.2, 0) is 10.0 Å². The predicted molar refractivity (Wildman–Crippen MR) is 93.2 cm³/mol. The molecule has 6 heteroatoms. The van der Waals surface area contributed by atoms with Crippen molar-refractivity contribution in [1.29, 1.82) is 0 Å². The highest BCUT2D eigenvalue weighted by Crippen LogP contribution is 2.27. The molecule has 0 radical (unpaired) electrons. The molecule has 0 spiro atoms. The fourth-order valence-corrected chi connectivity index (χ4v) is 5.56. The maximum Gasteiger partial charge on any atom is 0.242 e. The average molecular weight is 357 g/mol. The Morgan fingerprint density at radius 2 is 1.74 bits per heavy atom. The highest BCUT2D eigenvalue weighted by molar-refractivity contribution is 7.89. The van der Waals surface area contributed by atoms with E-state index in [1.54, 1.807) is 24.3 Å². The Balaban J connectivity index is 1.53. The molecule has 0 unspecified atom stereocenters. The number of hydrogen-bond acceptors (Lipinski definition) is 3. The molecule has 3 rings (SSSR count). The molecule has 2 fully saturated rings. The molecule has 1 aliphatic carbocycles. The molecule has 0 bridgehead atoms. The van der Waals surface area contributed by atoms with Crippen LogP contribution >= 0.6 is 11.6 Å². The van der Waals surface area contributed by atoms with Gasteiger partial charge in [0.25, 0.3) is 0 Å². The van der Waals surface area contributed by atoms with E-state index in [4.69, 9.17) is 11.6 Å². The first kappa shape index (κ1) is 17.2. The molecule has 23 heavy (non-hydrogen) atoms. The number of halogens is 1. The summed E-state index contributed by atoms with van der Waals surface area (Å²) in [6, 6.07) is 6.62. The van der Waals surface area contributed by atoms with Crippen LogP contribution in [0.25, 0.3) is 0 Å². The van der Waals surface area contributed by atoms with Crippen LogP contribution in [0.15, 0.2) is 29.2 Å². The first-order valence-electron chi connectivity index (χ1n) is 8.54. The molecule has 1 aliphatic heterocycles. The number of piperidine rings is 1. The topological polar surface area (TPSA) is 49.4 Å². The Morgan fingerprint density at radius 3 is 2.39 bits per heavy atom. The number of likely N-dealkylation sites (tertiary alicyclic amines) is 1. The summed E-state index contributed by atoms with van der Waals surface area (Å²) in [7, 11) is -3.53.